The Kier molecular flexibility index (Phi) is 4.33. The Morgan fingerprint density at radius 3 is 2.43 bits per heavy atom. The fraction of sp³-hybridized carbons (Fsp3) is 0.0476. The van der Waals surface area contributed by atoms with E-state index in [-0.39, 0.29) is 17.2 Å². The summed E-state index contributed by atoms with van der Waals surface area (Å²) in [5.74, 6) is -1.48. The van der Waals surface area contributed by atoms with Gasteiger partial charge in [0.2, 0.25) is 0 Å². The molecule has 2 N–H and O–H groups in total. The molecule has 0 fully saturated rings. The van der Waals surface area contributed by atoms with Crippen LogP contribution in [0.25, 0.3) is 16.5 Å². The van der Waals surface area contributed by atoms with Crippen molar-refractivity contribution in [1.82, 2.24) is 14.8 Å². The number of anilines is 1. The fourth-order valence-electron chi connectivity index (χ4n) is 3.10. The van der Waals surface area contributed by atoms with Gasteiger partial charge < -0.3 is 10.4 Å². The van der Waals surface area contributed by atoms with E-state index in [0.717, 1.165) is 22.0 Å². The largest absolute Gasteiger partial charge is 0.478 e. The lowest BCUT2D eigenvalue weighted by molar-refractivity contribution is 0.0698. The normalized spacial score (nSPS) is 10.8. The number of carboxylic acids is 1. The lowest BCUT2D eigenvalue weighted by atomic mass is 10.0. The van der Waals surface area contributed by atoms with Gasteiger partial charge in [-0.3, -0.25) is 4.79 Å². The average molecular weight is 372 g/mol. The topological polar surface area (TPSA) is 97.1 Å². The predicted octanol–water partition coefficient (Wildman–Crippen LogP) is 3.68. The minimum absolute atomic E-state index is 0.0445. The number of aryl methyl sites for hydroxylation is 1. The summed E-state index contributed by atoms with van der Waals surface area (Å²) >= 11 is 0. The lowest BCUT2D eigenvalue weighted by Gasteiger charge is -2.12. The van der Waals surface area contributed by atoms with Crippen molar-refractivity contribution in [2.24, 2.45) is 0 Å². The number of aromatic nitrogens is 3. The minimum atomic E-state index is -1.10. The summed E-state index contributed by atoms with van der Waals surface area (Å²) in [6, 6.07) is 15.8. The van der Waals surface area contributed by atoms with Crippen LogP contribution in [0, 0.1) is 6.92 Å². The molecule has 0 aliphatic carbocycles. The molecule has 7 heteroatoms. The highest BCUT2D eigenvalue weighted by atomic mass is 16.4. The highest BCUT2D eigenvalue weighted by Gasteiger charge is 2.16. The number of carbonyl (C=O) groups is 2. The fourth-order valence-corrected chi connectivity index (χ4v) is 3.10. The van der Waals surface area contributed by atoms with Gasteiger partial charge in [-0.15, -0.1) is 0 Å². The van der Waals surface area contributed by atoms with Crippen LogP contribution in [-0.2, 0) is 0 Å². The molecule has 0 saturated heterocycles. The smallest absolute Gasteiger partial charge is 0.337 e. The van der Waals surface area contributed by atoms with Gasteiger partial charge in [0.15, 0.2) is 0 Å². The van der Waals surface area contributed by atoms with Gasteiger partial charge >= 0.3 is 5.97 Å². The van der Waals surface area contributed by atoms with E-state index in [2.05, 4.69) is 15.4 Å². The number of benzene rings is 3. The highest BCUT2D eigenvalue weighted by molar-refractivity contribution is 6.10. The van der Waals surface area contributed by atoms with Gasteiger partial charge in [-0.2, -0.15) is 5.10 Å². The van der Waals surface area contributed by atoms with Gasteiger partial charge in [-0.25, -0.2) is 14.5 Å². The maximum atomic E-state index is 12.7. The molecule has 7 nitrogen and oxygen atoms in total. The Bertz CT molecular complexity index is 1200. The molecule has 0 saturated carbocycles. The predicted molar refractivity (Wildman–Crippen MR) is 105 cm³/mol. The molecule has 4 aromatic rings. The van der Waals surface area contributed by atoms with E-state index >= 15 is 0 Å². The van der Waals surface area contributed by atoms with Crippen LogP contribution in [0.15, 0.2) is 67.3 Å². The number of rotatable bonds is 4. The van der Waals surface area contributed by atoms with Crippen LogP contribution < -0.4 is 5.32 Å². The number of hydrogen-bond donors (Lipinski definition) is 2. The zero-order valence-corrected chi connectivity index (χ0v) is 15.0. The second-order valence-corrected chi connectivity index (χ2v) is 6.35. The van der Waals surface area contributed by atoms with Crippen molar-refractivity contribution in [2.45, 2.75) is 6.92 Å². The maximum Gasteiger partial charge on any atom is 0.337 e. The second kappa shape index (κ2) is 6.96. The van der Waals surface area contributed by atoms with E-state index < -0.39 is 5.97 Å². The van der Waals surface area contributed by atoms with E-state index in [0.29, 0.717) is 5.56 Å². The van der Waals surface area contributed by atoms with Crippen molar-refractivity contribution < 1.29 is 14.7 Å². The standard InChI is InChI=1S/C21H16N4O3/c1-13-8-16(6-7-19(13)25-12-22-11-23-25)20(26)24-18-10-15-5-3-2-4-14(15)9-17(18)21(27)28/h2-12H,1H3,(H,24,26)(H,27,28). The van der Waals surface area contributed by atoms with E-state index in [1.54, 1.807) is 41.3 Å². The quantitative estimate of drug-likeness (QED) is 0.570. The van der Waals surface area contributed by atoms with Gasteiger partial charge in [0.05, 0.1) is 16.9 Å². The molecule has 0 aliphatic heterocycles. The lowest BCUT2D eigenvalue weighted by Crippen LogP contribution is -2.15. The summed E-state index contributed by atoms with van der Waals surface area (Å²) in [4.78, 5) is 28.3. The molecule has 1 heterocycles. The number of carbonyl (C=O) groups excluding carboxylic acids is 1. The molecule has 3 aromatic carbocycles. The zero-order chi connectivity index (χ0) is 19.7. The van der Waals surface area contributed by atoms with Crippen LogP contribution in [0.4, 0.5) is 5.69 Å². The van der Waals surface area contributed by atoms with Gasteiger partial charge in [0.1, 0.15) is 12.7 Å². The zero-order valence-electron chi connectivity index (χ0n) is 15.0. The summed E-state index contributed by atoms with van der Waals surface area (Å²) < 4.78 is 1.61. The molecule has 4 rings (SSSR count). The summed E-state index contributed by atoms with van der Waals surface area (Å²) in [6.07, 6.45) is 3.02. The van der Waals surface area contributed by atoms with Crippen LogP contribution in [0.1, 0.15) is 26.3 Å². The summed E-state index contributed by atoms with van der Waals surface area (Å²) in [7, 11) is 0. The molecule has 28 heavy (non-hydrogen) atoms. The third-order valence-corrected chi connectivity index (χ3v) is 4.49. The molecule has 0 aliphatic rings. The monoisotopic (exact) mass is 372 g/mol. The summed E-state index contributed by atoms with van der Waals surface area (Å²) in [6.45, 7) is 1.87. The Morgan fingerprint density at radius 2 is 1.79 bits per heavy atom. The first kappa shape index (κ1) is 17.4. The Balaban J connectivity index is 1.67. The number of hydrogen-bond acceptors (Lipinski definition) is 4. The Morgan fingerprint density at radius 1 is 1.04 bits per heavy atom. The Hall–Kier alpha value is -4.00. The molecular weight excluding hydrogens is 356 g/mol. The third kappa shape index (κ3) is 3.21. The van der Waals surface area contributed by atoms with Gasteiger partial charge in [-0.1, -0.05) is 24.3 Å². The third-order valence-electron chi connectivity index (χ3n) is 4.49. The molecular formula is C21H16N4O3. The van der Waals surface area contributed by atoms with Crippen molar-refractivity contribution in [3.05, 3.63) is 83.9 Å². The van der Waals surface area contributed by atoms with Gasteiger partial charge in [0.25, 0.3) is 5.91 Å². The number of aromatic carboxylic acids is 1. The van der Waals surface area contributed by atoms with E-state index in [1.807, 2.05) is 31.2 Å². The van der Waals surface area contributed by atoms with Gasteiger partial charge in [0, 0.05) is 5.56 Å². The van der Waals surface area contributed by atoms with Crippen LogP contribution in [-0.4, -0.2) is 31.7 Å². The summed E-state index contributed by atoms with van der Waals surface area (Å²) in [5.41, 5.74) is 2.38. The van der Waals surface area contributed by atoms with E-state index in [4.69, 9.17) is 0 Å². The number of amides is 1. The van der Waals surface area contributed by atoms with Crippen molar-refractivity contribution >= 4 is 28.3 Å². The molecule has 0 atom stereocenters. The first-order chi connectivity index (χ1) is 13.5. The van der Waals surface area contributed by atoms with Crippen LogP contribution in [0.2, 0.25) is 0 Å². The van der Waals surface area contributed by atoms with Gasteiger partial charge in [-0.05, 0) is 53.6 Å². The number of nitrogens with one attached hydrogen (secondary N) is 1. The molecule has 1 aromatic heterocycles. The van der Waals surface area contributed by atoms with Crippen molar-refractivity contribution in [3.63, 3.8) is 0 Å². The second-order valence-electron chi connectivity index (χ2n) is 6.35. The molecule has 0 spiro atoms. The number of nitrogens with zero attached hydrogens (tertiary/aromatic N) is 3. The average Bonchev–Trinajstić information content (AvgIpc) is 3.21. The summed E-state index contributed by atoms with van der Waals surface area (Å²) in [5, 5.41) is 18.0. The van der Waals surface area contributed by atoms with Crippen molar-refractivity contribution in [2.75, 3.05) is 5.32 Å². The van der Waals surface area contributed by atoms with Crippen molar-refractivity contribution in [1.29, 1.82) is 0 Å². The van der Waals surface area contributed by atoms with E-state index in [9.17, 15) is 14.7 Å². The minimum Gasteiger partial charge on any atom is -0.478 e. The molecule has 0 unspecified atom stereocenters. The first-order valence-corrected chi connectivity index (χ1v) is 8.56. The van der Waals surface area contributed by atoms with E-state index in [1.165, 1.54) is 6.33 Å². The molecule has 0 bridgehead atoms. The van der Waals surface area contributed by atoms with Crippen molar-refractivity contribution in [3.8, 4) is 5.69 Å². The molecule has 0 radical (unpaired) electrons. The number of fused-ring (bicyclic) bond motifs is 1. The number of carboxylic acid groups (broad SMARTS) is 1. The molecule has 1 amide bonds. The first-order valence-electron chi connectivity index (χ1n) is 8.56. The Labute approximate surface area is 160 Å². The molecule has 138 valence electrons. The van der Waals surface area contributed by atoms with Crippen LogP contribution in [0.5, 0.6) is 0 Å². The SMILES string of the molecule is Cc1cc(C(=O)Nc2cc3ccccc3cc2C(=O)O)ccc1-n1cncn1. The van der Waals surface area contributed by atoms with Crippen LogP contribution in [0.3, 0.4) is 0 Å². The van der Waals surface area contributed by atoms with Crippen LogP contribution >= 0.6 is 0 Å². The maximum absolute atomic E-state index is 12.7. The highest BCUT2D eigenvalue weighted by Crippen LogP contribution is 2.25.